The Balaban J connectivity index is 2.13. The van der Waals surface area contributed by atoms with Crippen LogP contribution >= 0.6 is 15.9 Å². The predicted octanol–water partition coefficient (Wildman–Crippen LogP) is 4.84. The van der Waals surface area contributed by atoms with Crippen LogP contribution in [0, 0.1) is 6.92 Å². The third-order valence-electron chi connectivity index (χ3n) is 3.85. The highest BCUT2D eigenvalue weighted by Gasteiger charge is 2.20. The van der Waals surface area contributed by atoms with Crippen molar-refractivity contribution in [3.05, 3.63) is 33.9 Å². The van der Waals surface area contributed by atoms with Gasteiger partial charge in [0.2, 0.25) is 0 Å². The number of benzene rings is 1. The molecule has 3 nitrogen and oxygen atoms in total. The number of rotatable bonds is 2. The third kappa shape index (κ3) is 2.31. The van der Waals surface area contributed by atoms with Gasteiger partial charge in [0.25, 0.3) is 0 Å². The highest BCUT2D eigenvalue weighted by atomic mass is 79.9. The van der Waals surface area contributed by atoms with Gasteiger partial charge in [-0.3, -0.25) is 0 Å². The fraction of sp³-hybridized carbons (Fsp3) is 0.438. The molecule has 0 aliphatic carbocycles. The van der Waals surface area contributed by atoms with E-state index in [-0.39, 0.29) is 6.23 Å². The van der Waals surface area contributed by atoms with Crippen LogP contribution in [-0.2, 0) is 4.74 Å². The van der Waals surface area contributed by atoms with Gasteiger partial charge in [0, 0.05) is 16.5 Å². The van der Waals surface area contributed by atoms with Gasteiger partial charge in [-0.05, 0) is 66.2 Å². The van der Waals surface area contributed by atoms with Crippen LogP contribution in [0.1, 0.15) is 43.5 Å². The first-order valence-electron chi connectivity index (χ1n) is 7.13. The highest BCUT2D eigenvalue weighted by Crippen LogP contribution is 2.34. The zero-order valence-electron chi connectivity index (χ0n) is 11.9. The maximum Gasteiger partial charge on any atom is 0.150 e. The molecule has 1 aliphatic rings. The van der Waals surface area contributed by atoms with E-state index in [4.69, 9.17) is 4.74 Å². The van der Waals surface area contributed by atoms with Crippen molar-refractivity contribution >= 4 is 32.9 Å². The topological polar surface area (TPSA) is 27.1 Å². The van der Waals surface area contributed by atoms with Gasteiger partial charge in [0.05, 0.1) is 11.7 Å². The Morgan fingerprint density at radius 1 is 1.45 bits per heavy atom. The van der Waals surface area contributed by atoms with Crippen molar-refractivity contribution in [2.75, 3.05) is 6.61 Å². The van der Waals surface area contributed by atoms with Crippen molar-refractivity contribution in [2.24, 2.45) is 0 Å². The zero-order chi connectivity index (χ0) is 14.1. The summed E-state index contributed by atoms with van der Waals surface area (Å²) in [6, 6.07) is 2.21. The Labute approximate surface area is 127 Å². The lowest BCUT2D eigenvalue weighted by Gasteiger charge is -2.23. The Morgan fingerprint density at radius 3 is 3.00 bits per heavy atom. The fourth-order valence-corrected chi connectivity index (χ4v) is 3.55. The van der Waals surface area contributed by atoms with E-state index in [0.717, 1.165) is 34.8 Å². The van der Waals surface area contributed by atoms with Crippen molar-refractivity contribution in [2.45, 2.75) is 39.3 Å². The SMILES string of the molecule is CC=Cc1c(C)cc2c(cnn2C2CCCCO2)c1Br. The normalized spacial score (nSPS) is 20.1. The fourth-order valence-electron chi connectivity index (χ4n) is 2.80. The Bertz CT molecular complexity index is 654. The van der Waals surface area contributed by atoms with Gasteiger partial charge in [-0.25, -0.2) is 4.68 Å². The van der Waals surface area contributed by atoms with E-state index in [1.807, 2.05) is 17.8 Å². The van der Waals surface area contributed by atoms with Crippen LogP contribution in [0.4, 0.5) is 0 Å². The van der Waals surface area contributed by atoms with E-state index >= 15 is 0 Å². The average molecular weight is 335 g/mol. The number of allylic oxidation sites excluding steroid dienone is 1. The molecule has 20 heavy (non-hydrogen) atoms. The van der Waals surface area contributed by atoms with Crippen LogP contribution in [0.3, 0.4) is 0 Å². The number of aromatic nitrogens is 2. The molecule has 1 aromatic carbocycles. The van der Waals surface area contributed by atoms with Gasteiger partial charge in [0.1, 0.15) is 0 Å². The predicted molar refractivity (Wildman–Crippen MR) is 85.7 cm³/mol. The molecule has 0 radical (unpaired) electrons. The number of halogens is 1. The van der Waals surface area contributed by atoms with Crippen molar-refractivity contribution in [3.8, 4) is 0 Å². The van der Waals surface area contributed by atoms with Gasteiger partial charge >= 0.3 is 0 Å². The molecule has 0 amide bonds. The van der Waals surface area contributed by atoms with Gasteiger partial charge in [0.15, 0.2) is 6.23 Å². The average Bonchev–Trinajstić information content (AvgIpc) is 2.88. The molecule has 0 bridgehead atoms. The summed E-state index contributed by atoms with van der Waals surface area (Å²) < 4.78 is 9.01. The standard InChI is InChI=1S/C16H19BrN2O/c1-3-6-12-11(2)9-14-13(16(12)17)10-18-19(14)15-7-4-5-8-20-15/h3,6,9-10,15H,4-5,7-8H2,1-2H3. The van der Waals surface area contributed by atoms with Crippen molar-refractivity contribution < 1.29 is 4.74 Å². The molecule has 1 atom stereocenters. The first-order valence-corrected chi connectivity index (χ1v) is 7.92. The minimum absolute atomic E-state index is 0.0834. The van der Waals surface area contributed by atoms with Crippen molar-refractivity contribution in [3.63, 3.8) is 0 Å². The van der Waals surface area contributed by atoms with Crippen molar-refractivity contribution in [1.82, 2.24) is 9.78 Å². The number of hydrogen-bond acceptors (Lipinski definition) is 2. The summed E-state index contributed by atoms with van der Waals surface area (Å²) in [4.78, 5) is 0. The molecule has 0 N–H and O–H groups in total. The lowest BCUT2D eigenvalue weighted by atomic mass is 10.1. The number of hydrogen-bond donors (Lipinski definition) is 0. The molecule has 2 heterocycles. The largest absolute Gasteiger partial charge is 0.356 e. The Hall–Kier alpha value is -1.13. The van der Waals surface area contributed by atoms with Crippen LogP contribution in [0.15, 0.2) is 22.8 Å². The van der Waals surface area contributed by atoms with Gasteiger partial charge < -0.3 is 4.74 Å². The smallest absolute Gasteiger partial charge is 0.150 e. The van der Waals surface area contributed by atoms with Gasteiger partial charge in [-0.2, -0.15) is 5.10 Å². The molecule has 1 saturated heterocycles. The first kappa shape index (κ1) is 13.8. The molecule has 1 aliphatic heterocycles. The molecule has 1 aromatic heterocycles. The third-order valence-corrected chi connectivity index (χ3v) is 4.70. The van der Waals surface area contributed by atoms with Crippen LogP contribution in [0.25, 0.3) is 17.0 Å². The summed E-state index contributed by atoms with van der Waals surface area (Å²) in [5.41, 5.74) is 3.62. The Kier molecular flexibility index (Phi) is 3.94. The first-order chi connectivity index (χ1) is 9.72. The Morgan fingerprint density at radius 2 is 2.30 bits per heavy atom. The summed E-state index contributed by atoms with van der Waals surface area (Å²) in [6.07, 6.45) is 9.63. The second kappa shape index (κ2) is 5.70. The molecule has 3 rings (SSSR count). The van der Waals surface area contributed by atoms with E-state index < -0.39 is 0 Å². The monoisotopic (exact) mass is 334 g/mol. The maximum absolute atomic E-state index is 5.86. The van der Waals surface area contributed by atoms with E-state index in [1.165, 1.54) is 17.5 Å². The van der Waals surface area contributed by atoms with Crippen LogP contribution in [0.5, 0.6) is 0 Å². The van der Waals surface area contributed by atoms with Crippen molar-refractivity contribution in [1.29, 1.82) is 0 Å². The van der Waals surface area contributed by atoms with Gasteiger partial charge in [-0.1, -0.05) is 12.2 Å². The van der Waals surface area contributed by atoms with E-state index in [1.54, 1.807) is 0 Å². The summed E-state index contributed by atoms with van der Waals surface area (Å²) in [6.45, 7) is 5.01. The van der Waals surface area contributed by atoms with E-state index in [2.05, 4.69) is 46.2 Å². The number of ether oxygens (including phenoxy) is 1. The molecule has 2 aromatic rings. The van der Waals surface area contributed by atoms with Crippen LogP contribution in [0.2, 0.25) is 0 Å². The summed E-state index contributed by atoms with van der Waals surface area (Å²) in [5, 5.41) is 5.71. The molecule has 0 saturated carbocycles. The maximum atomic E-state index is 5.86. The molecule has 1 unspecified atom stereocenters. The van der Waals surface area contributed by atoms with E-state index in [9.17, 15) is 0 Å². The quantitative estimate of drug-likeness (QED) is 0.785. The molecule has 4 heteroatoms. The zero-order valence-corrected chi connectivity index (χ0v) is 13.5. The molecule has 1 fully saturated rings. The van der Waals surface area contributed by atoms with Crippen LogP contribution in [-0.4, -0.2) is 16.4 Å². The molecular weight excluding hydrogens is 316 g/mol. The summed E-state index contributed by atoms with van der Waals surface area (Å²) in [7, 11) is 0. The number of fused-ring (bicyclic) bond motifs is 1. The summed E-state index contributed by atoms with van der Waals surface area (Å²) >= 11 is 3.73. The number of nitrogens with zero attached hydrogens (tertiary/aromatic N) is 2. The lowest BCUT2D eigenvalue weighted by molar-refractivity contribution is -0.0366. The minimum atomic E-state index is 0.0834. The minimum Gasteiger partial charge on any atom is -0.356 e. The second-order valence-electron chi connectivity index (χ2n) is 5.26. The van der Waals surface area contributed by atoms with Gasteiger partial charge in [-0.15, -0.1) is 0 Å². The van der Waals surface area contributed by atoms with E-state index in [0.29, 0.717) is 0 Å². The second-order valence-corrected chi connectivity index (χ2v) is 6.06. The molecular formula is C16H19BrN2O. The van der Waals surface area contributed by atoms with Crippen LogP contribution < -0.4 is 0 Å². The lowest BCUT2D eigenvalue weighted by Crippen LogP contribution is -2.19. The molecule has 0 spiro atoms. The highest BCUT2D eigenvalue weighted by molar-refractivity contribution is 9.10. The summed E-state index contributed by atoms with van der Waals surface area (Å²) in [5.74, 6) is 0. The number of aryl methyl sites for hydroxylation is 1. The molecule has 106 valence electrons.